The van der Waals surface area contributed by atoms with Gasteiger partial charge in [-0.3, -0.25) is 14.7 Å². The van der Waals surface area contributed by atoms with Crippen molar-refractivity contribution in [1.29, 1.82) is 0 Å². The van der Waals surface area contributed by atoms with Crippen LogP contribution in [0.1, 0.15) is 18.4 Å². The zero-order valence-corrected chi connectivity index (χ0v) is 23.6. The molecular formula is C30H31FN4O5S. The molecule has 1 N–H and O–H groups in total. The summed E-state index contributed by atoms with van der Waals surface area (Å²) in [5, 5.41) is 2.75. The van der Waals surface area contributed by atoms with Gasteiger partial charge in [-0.05, 0) is 61.7 Å². The van der Waals surface area contributed by atoms with Crippen LogP contribution in [0.2, 0.25) is 0 Å². The maximum atomic E-state index is 14.5. The molecule has 0 unspecified atom stereocenters. The Labute approximate surface area is 238 Å². The van der Waals surface area contributed by atoms with E-state index in [1.807, 2.05) is 30.3 Å². The molecule has 1 saturated heterocycles. The van der Waals surface area contributed by atoms with E-state index in [1.165, 1.54) is 25.3 Å². The average Bonchev–Trinajstić information content (AvgIpc) is 3.65. The molecule has 3 aromatic carbocycles. The second-order valence-electron chi connectivity index (χ2n) is 9.78. The number of amides is 1. The van der Waals surface area contributed by atoms with E-state index in [-0.39, 0.29) is 23.5 Å². The van der Waals surface area contributed by atoms with Crippen molar-refractivity contribution in [3.63, 3.8) is 0 Å². The lowest BCUT2D eigenvalue weighted by Crippen LogP contribution is -2.42. The Bertz CT molecular complexity index is 1620. The van der Waals surface area contributed by atoms with Crippen LogP contribution >= 0.6 is 0 Å². The molecule has 0 saturated carbocycles. The Morgan fingerprint density at radius 3 is 2.56 bits per heavy atom. The molecule has 11 heteroatoms. The number of imidazole rings is 1. The highest BCUT2D eigenvalue weighted by Crippen LogP contribution is 2.26. The number of methoxy groups -OCH3 is 1. The fraction of sp³-hybridized carbons (Fsp3) is 0.267. The highest BCUT2D eigenvalue weighted by molar-refractivity contribution is 7.89. The molecular weight excluding hydrogens is 547 g/mol. The van der Waals surface area contributed by atoms with Gasteiger partial charge in [0.15, 0.2) is 0 Å². The van der Waals surface area contributed by atoms with Crippen molar-refractivity contribution in [2.75, 3.05) is 32.1 Å². The van der Waals surface area contributed by atoms with Gasteiger partial charge in [-0.25, -0.2) is 17.8 Å². The number of sulfonamides is 1. The van der Waals surface area contributed by atoms with Crippen molar-refractivity contribution in [1.82, 2.24) is 13.9 Å². The van der Waals surface area contributed by atoms with Gasteiger partial charge in [0.05, 0.1) is 36.0 Å². The summed E-state index contributed by atoms with van der Waals surface area (Å²) in [5.41, 5.74) is 2.30. The Morgan fingerprint density at radius 1 is 1.15 bits per heavy atom. The molecule has 4 aromatic rings. The molecule has 0 radical (unpaired) electrons. The van der Waals surface area contributed by atoms with Crippen LogP contribution in [0.25, 0.3) is 16.9 Å². The average molecular weight is 579 g/mol. The van der Waals surface area contributed by atoms with Crippen molar-refractivity contribution in [3.05, 3.63) is 90.4 Å². The highest BCUT2D eigenvalue weighted by atomic mass is 32.2. The van der Waals surface area contributed by atoms with E-state index in [4.69, 9.17) is 9.47 Å². The van der Waals surface area contributed by atoms with E-state index in [1.54, 1.807) is 42.0 Å². The van der Waals surface area contributed by atoms with Crippen LogP contribution in [-0.4, -0.2) is 61.1 Å². The first kappa shape index (κ1) is 28.5. The second kappa shape index (κ2) is 12.2. The quantitative estimate of drug-likeness (QED) is 0.290. The molecule has 0 aliphatic carbocycles. The molecule has 0 spiro atoms. The summed E-state index contributed by atoms with van der Waals surface area (Å²) in [4.78, 5) is 18.1. The van der Waals surface area contributed by atoms with Gasteiger partial charge in [0, 0.05) is 24.9 Å². The molecule has 1 fully saturated rings. The molecule has 9 nitrogen and oxygen atoms in total. The fourth-order valence-corrected chi connectivity index (χ4v) is 6.06. The number of carbonyl (C=O) groups is 1. The SMILES string of the molecule is COc1ccc(S(=O)(=O)N(CC(=O)Nc2nc(-c3ccccc3)cn2-c2ccc(C)c(F)c2)C[C@@H]2CCCO2)cc1. The van der Waals surface area contributed by atoms with Crippen LogP contribution in [0.3, 0.4) is 0 Å². The maximum absolute atomic E-state index is 14.5. The largest absolute Gasteiger partial charge is 0.497 e. The lowest BCUT2D eigenvalue weighted by Gasteiger charge is -2.24. The van der Waals surface area contributed by atoms with Crippen molar-refractivity contribution in [3.8, 4) is 22.7 Å². The number of halogens is 1. The van der Waals surface area contributed by atoms with E-state index in [2.05, 4.69) is 10.3 Å². The smallest absolute Gasteiger partial charge is 0.243 e. The number of rotatable bonds is 10. The summed E-state index contributed by atoms with van der Waals surface area (Å²) in [5.74, 6) is -0.348. The number of aryl methyl sites for hydroxylation is 1. The number of nitrogens with zero attached hydrogens (tertiary/aromatic N) is 3. The summed E-state index contributed by atoms with van der Waals surface area (Å²) >= 11 is 0. The number of nitrogens with one attached hydrogen (secondary N) is 1. The molecule has 0 bridgehead atoms. The van der Waals surface area contributed by atoms with Crippen LogP contribution < -0.4 is 10.1 Å². The van der Waals surface area contributed by atoms with Crippen LogP contribution in [0, 0.1) is 12.7 Å². The first-order valence-electron chi connectivity index (χ1n) is 13.2. The van der Waals surface area contributed by atoms with Gasteiger partial charge in [0.25, 0.3) is 0 Å². The topological polar surface area (TPSA) is 103 Å². The van der Waals surface area contributed by atoms with E-state index >= 15 is 0 Å². The third-order valence-corrected chi connectivity index (χ3v) is 8.73. The molecule has 41 heavy (non-hydrogen) atoms. The van der Waals surface area contributed by atoms with Crippen LogP contribution in [0.4, 0.5) is 10.3 Å². The molecule has 214 valence electrons. The van der Waals surface area contributed by atoms with Gasteiger partial charge in [-0.15, -0.1) is 0 Å². The third-order valence-electron chi connectivity index (χ3n) is 6.91. The van der Waals surface area contributed by atoms with E-state index < -0.39 is 28.3 Å². The van der Waals surface area contributed by atoms with E-state index in [9.17, 15) is 17.6 Å². The number of aromatic nitrogens is 2. The lowest BCUT2D eigenvalue weighted by atomic mass is 10.2. The maximum Gasteiger partial charge on any atom is 0.243 e. The summed E-state index contributed by atoms with van der Waals surface area (Å²) in [7, 11) is -2.56. The first-order valence-corrected chi connectivity index (χ1v) is 14.7. The Balaban J connectivity index is 1.45. The predicted molar refractivity (Wildman–Crippen MR) is 153 cm³/mol. The molecule has 5 rings (SSSR count). The lowest BCUT2D eigenvalue weighted by molar-refractivity contribution is -0.116. The van der Waals surface area contributed by atoms with Gasteiger partial charge in [-0.1, -0.05) is 36.4 Å². The number of hydrogen-bond acceptors (Lipinski definition) is 6. The minimum absolute atomic E-state index is 0.0225. The zero-order chi connectivity index (χ0) is 29.0. The summed E-state index contributed by atoms with van der Waals surface area (Å²) < 4.78 is 55.3. The van der Waals surface area contributed by atoms with Gasteiger partial charge in [-0.2, -0.15) is 4.31 Å². The number of ether oxygens (including phenoxy) is 2. The number of carbonyl (C=O) groups excluding carboxylic acids is 1. The Hall–Kier alpha value is -4.06. The summed E-state index contributed by atoms with van der Waals surface area (Å²) in [6.07, 6.45) is 2.89. The van der Waals surface area contributed by atoms with Crippen molar-refractivity contribution in [2.45, 2.75) is 30.8 Å². The van der Waals surface area contributed by atoms with Crippen LogP contribution in [-0.2, 0) is 19.6 Å². The number of anilines is 1. The minimum Gasteiger partial charge on any atom is -0.497 e. The molecule has 1 amide bonds. The van der Waals surface area contributed by atoms with E-state index in [0.29, 0.717) is 35.7 Å². The second-order valence-corrected chi connectivity index (χ2v) is 11.7. The van der Waals surface area contributed by atoms with Gasteiger partial charge in [0.2, 0.25) is 21.9 Å². The molecule has 1 atom stereocenters. The monoisotopic (exact) mass is 578 g/mol. The number of benzene rings is 3. The summed E-state index contributed by atoms with van der Waals surface area (Å²) in [6.45, 7) is 1.76. The van der Waals surface area contributed by atoms with Crippen molar-refractivity contribution in [2.24, 2.45) is 0 Å². The molecule has 1 aliphatic rings. The number of hydrogen-bond donors (Lipinski definition) is 1. The zero-order valence-electron chi connectivity index (χ0n) is 22.8. The van der Waals surface area contributed by atoms with Crippen LogP contribution in [0.15, 0.2) is 83.9 Å². The minimum atomic E-state index is -4.05. The Morgan fingerprint density at radius 2 is 1.90 bits per heavy atom. The third kappa shape index (κ3) is 6.48. The van der Waals surface area contributed by atoms with Gasteiger partial charge < -0.3 is 9.47 Å². The molecule has 2 heterocycles. The van der Waals surface area contributed by atoms with E-state index in [0.717, 1.165) is 16.3 Å². The predicted octanol–water partition coefficient (Wildman–Crippen LogP) is 4.80. The first-order chi connectivity index (χ1) is 19.7. The fourth-order valence-electron chi connectivity index (χ4n) is 4.63. The standard InChI is InChI=1S/C30H31FN4O5S/c1-21-10-11-23(17-27(21)31)35-19-28(22-7-4-3-5-8-22)32-30(35)33-29(36)20-34(18-25-9-6-16-40-25)41(37,38)26-14-12-24(39-2)13-15-26/h3-5,7-8,10-15,17,19,25H,6,9,16,18,20H2,1-2H3,(H,32,33,36)/t25-/m0/s1. The Kier molecular flexibility index (Phi) is 8.48. The van der Waals surface area contributed by atoms with Crippen molar-refractivity contribution < 1.29 is 27.1 Å². The summed E-state index contributed by atoms with van der Waals surface area (Å²) in [6, 6.07) is 20.1. The molecule has 1 aromatic heterocycles. The van der Waals surface area contributed by atoms with Crippen LogP contribution in [0.5, 0.6) is 5.75 Å². The normalized spacial score (nSPS) is 15.3. The van der Waals surface area contributed by atoms with Crippen molar-refractivity contribution >= 4 is 21.9 Å². The highest BCUT2D eigenvalue weighted by Gasteiger charge is 2.31. The molecule has 1 aliphatic heterocycles. The van der Waals surface area contributed by atoms with Gasteiger partial charge >= 0.3 is 0 Å². The van der Waals surface area contributed by atoms with Gasteiger partial charge in [0.1, 0.15) is 11.6 Å².